The summed E-state index contributed by atoms with van der Waals surface area (Å²) in [6, 6.07) is 1.95. The molecule has 0 spiro atoms. The number of anilines is 1. The molecule has 0 amide bonds. The van der Waals surface area contributed by atoms with Crippen molar-refractivity contribution in [3.63, 3.8) is 0 Å². The van der Waals surface area contributed by atoms with Crippen molar-refractivity contribution in [1.82, 2.24) is 19.3 Å². The average molecular weight is 309 g/mol. The second-order valence-corrected chi connectivity index (χ2v) is 7.23. The van der Waals surface area contributed by atoms with Crippen molar-refractivity contribution in [2.24, 2.45) is 0 Å². The molecule has 3 rings (SSSR count). The Labute approximate surface area is 124 Å². The average Bonchev–Trinajstić information content (AvgIpc) is 2.95. The third-order valence-electron chi connectivity index (χ3n) is 3.73. The van der Waals surface area contributed by atoms with E-state index in [9.17, 15) is 8.42 Å². The van der Waals surface area contributed by atoms with Crippen LogP contribution in [0.2, 0.25) is 0 Å². The Kier molecular flexibility index (Phi) is 3.81. The van der Waals surface area contributed by atoms with E-state index in [1.807, 2.05) is 19.2 Å². The normalized spacial score (nSPS) is 17.5. The molecule has 0 radical (unpaired) electrons. The Morgan fingerprint density at radius 3 is 2.71 bits per heavy atom. The smallest absolute Gasteiger partial charge is 0.214 e. The fraction of sp³-hybridized carbons (Fsp3) is 0.538. The van der Waals surface area contributed by atoms with Crippen LogP contribution < -0.4 is 4.90 Å². The first-order valence-electron chi connectivity index (χ1n) is 7.12. The number of hydrogen-bond acceptors (Lipinski definition) is 5. The van der Waals surface area contributed by atoms with E-state index in [1.165, 1.54) is 6.33 Å². The van der Waals surface area contributed by atoms with E-state index in [2.05, 4.69) is 19.9 Å². The van der Waals surface area contributed by atoms with E-state index in [0.717, 1.165) is 16.9 Å². The molecular weight excluding hydrogens is 290 g/mol. The van der Waals surface area contributed by atoms with Gasteiger partial charge in [-0.25, -0.2) is 18.4 Å². The largest absolute Gasteiger partial charge is 0.353 e. The van der Waals surface area contributed by atoms with Crippen molar-refractivity contribution < 1.29 is 8.42 Å². The highest BCUT2D eigenvalue weighted by atomic mass is 32.2. The minimum atomic E-state index is -3.10. The van der Waals surface area contributed by atoms with Gasteiger partial charge in [-0.15, -0.1) is 0 Å². The molecule has 0 unspecified atom stereocenters. The Hall–Kier alpha value is -1.67. The lowest BCUT2D eigenvalue weighted by Crippen LogP contribution is -2.49. The molecule has 0 aromatic carbocycles. The molecule has 1 N–H and O–H groups in total. The highest BCUT2D eigenvalue weighted by Gasteiger charge is 2.27. The highest BCUT2D eigenvalue weighted by molar-refractivity contribution is 7.89. The van der Waals surface area contributed by atoms with E-state index in [4.69, 9.17) is 0 Å². The van der Waals surface area contributed by atoms with E-state index < -0.39 is 10.0 Å². The SMILES string of the molecule is CCCS(=O)(=O)N1CCN(c2ncnc3[nH]ccc23)CC1. The van der Waals surface area contributed by atoms with Crippen molar-refractivity contribution in [2.45, 2.75) is 13.3 Å². The predicted molar refractivity (Wildman–Crippen MR) is 81.8 cm³/mol. The van der Waals surface area contributed by atoms with Crippen LogP contribution in [0, 0.1) is 0 Å². The first-order valence-corrected chi connectivity index (χ1v) is 8.73. The fourth-order valence-corrected chi connectivity index (χ4v) is 4.17. The number of piperazine rings is 1. The number of aromatic nitrogens is 3. The second kappa shape index (κ2) is 5.61. The number of fused-ring (bicyclic) bond motifs is 1. The fourth-order valence-electron chi connectivity index (χ4n) is 2.68. The van der Waals surface area contributed by atoms with E-state index in [-0.39, 0.29) is 5.75 Å². The number of hydrogen-bond donors (Lipinski definition) is 1. The van der Waals surface area contributed by atoms with Crippen LogP contribution in [0.25, 0.3) is 11.0 Å². The first-order chi connectivity index (χ1) is 10.1. The molecule has 1 aliphatic rings. The summed E-state index contributed by atoms with van der Waals surface area (Å²) >= 11 is 0. The Bertz CT molecular complexity index is 719. The Morgan fingerprint density at radius 2 is 2.00 bits per heavy atom. The van der Waals surface area contributed by atoms with E-state index in [1.54, 1.807) is 4.31 Å². The lowest BCUT2D eigenvalue weighted by Gasteiger charge is -2.34. The standard InChI is InChI=1S/C13H19N5O2S/c1-2-9-21(19,20)18-7-5-17(6-8-18)13-11-3-4-14-12(11)15-10-16-13/h3-4,10H,2,5-9H2,1H3,(H,14,15,16). The zero-order valence-electron chi connectivity index (χ0n) is 12.0. The maximum atomic E-state index is 12.1. The van der Waals surface area contributed by atoms with E-state index >= 15 is 0 Å². The van der Waals surface area contributed by atoms with Crippen LogP contribution in [-0.4, -0.2) is 59.6 Å². The molecule has 2 aromatic heterocycles. The maximum Gasteiger partial charge on any atom is 0.214 e. The minimum absolute atomic E-state index is 0.225. The van der Waals surface area contributed by atoms with Gasteiger partial charge in [0, 0.05) is 32.4 Å². The Balaban J connectivity index is 1.76. The lowest BCUT2D eigenvalue weighted by atomic mass is 10.3. The molecule has 0 atom stereocenters. The van der Waals surface area contributed by atoms with Crippen LogP contribution in [0.15, 0.2) is 18.6 Å². The van der Waals surface area contributed by atoms with Gasteiger partial charge in [-0.05, 0) is 12.5 Å². The number of nitrogens with zero attached hydrogens (tertiary/aromatic N) is 4. The van der Waals surface area contributed by atoms with Gasteiger partial charge in [0.05, 0.1) is 11.1 Å². The quantitative estimate of drug-likeness (QED) is 0.904. The third kappa shape index (κ3) is 2.73. The van der Waals surface area contributed by atoms with Gasteiger partial charge in [-0.3, -0.25) is 0 Å². The molecule has 0 aliphatic carbocycles. The second-order valence-electron chi connectivity index (χ2n) is 5.14. The monoisotopic (exact) mass is 309 g/mol. The number of rotatable bonds is 4. The molecule has 3 heterocycles. The van der Waals surface area contributed by atoms with Gasteiger partial charge in [0.2, 0.25) is 10.0 Å². The van der Waals surface area contributed by atoms with Crippen LogP contribution in [0.5, 0.6) is 0 Å². The van der Waals surface area contributed by atoms with Crippen LogP contribution in [0.4, 0.5) is 5.82 Å². The molecule has 2 aromatic rings. The zero-order chi connectivity index (χ0) is 14.9. The van der Waals surface area contributed by atoms with Gasteiger partial charge < -0.3 is 9.88 Å². The summed E-state index contributed by atoms with van der Waals surface area (Å²) in [5, 5.41) is 0.974. The van der Waals surface area contributed by atoms with Crippen molar-refractivity contribution in [3.8, 4) is 0 Å². The van der Waals surface area contributed by atoms with Crippen LogP contribution in [0.3, 0.4) is 0 Å². The van der Waals surface area contributed by atoms with Crippen LogP contribution >= 0.6 is 0 Å². The predicted octanol–water partition coefficient (Wildman–Crippen LogP) is 0.820. The zero-order valence-corrected chi connectivity index (χ0v) is 12.8. The van der Waals surface area contributed by atoms with Gasteiger partial charge in [0.1, 0.15) is 17.8 Å². The Morgan fingerprint density at radius 1 is 1.24 bits per heavy atom. The molecule has 114 valence electrons. The molecular formula is C13H19N5O2S. The molecule has 8 heteroatoms. The molecule has 1 fully saturated rings. The molecule has 0 saturated carbocycles. The van der Waals surface area contributed by atoms with Gasteiger partial charge >= 0.3 is 0 Å². The number of H-pyrrole nitrogens is 1. The number of aromatic amines is 1. The van der Waals surface area contributed by atoms with Crippen LogP contribution in [0.1, 0.15) is 13.3 Å². The van der Waals surface area contributed by atoms with Gasteiger partial charge in [-0.2, -0.15) is 4.31 Å². The van der Waals surface area contributed by atoms with Gasteiger partial charge in [-0.1, -0.05) is 6.92 Å². The third-order valence-corrected chi connectivity index (χ3v) is 5.80. The maximum absolute atomic E-state index is 12.1. The van der Waals surface area contributed by atoms with Crippen molar-refractivity contribution in [3.05, 3.63) is 18.6 Å². The van der Waals surface area contributed by atoms with Gasteiger partial charge in [0.25, 0.3) is 0 Å². The lowest BCUT2D eigenvalue weighted by molar-refractivity contribution is 0.384. The van der Waals surface area contributed by atoms with Crippen molar-refractivity contribution in [1.29, 1.82) is 0 Å². The van der Waals surface area contributed by atoms with Crippen molar-refractivity contribution in [2.75, 3.05) is 36.8 Å². The summed E-state index contributed by atoms with van der Waals surface area (Å²) in [6.07, 6.45) is 4.03. The molecule has 1 aliphatic heterocycles. The topological polar surface area (TPSA) is 82.2 Å². The summed E-state index contributed by atoms with van der Waals surface area (Å²) in [5.41, 5.74) is 0.807. The van der Waals surface area contributed by atoms with Crippen molar-refractivity contribution >= 4 is 26.9 Å². The summed E-state index contributed by atoms with van der Waals surface area (Å²) in [6.45, 7) is 4.22. The van der Waals surface area contributed by atoms with Crippen LogP contribution in [-0.2, 0) is 10.0 Å². The minimum Gasteiger partial charge on any atom is -0.353 e. The number of sulfonamides is 1. The summed E-state index contributed by atoms with van der Waals surface area (Å²) in [7, 11) is -3.10. The summed E-state index contributed by atoms with van der Waals surface area (Å²) in [4.78, 5) is 13.7. The molecule has 1 saturated heterocycles. The number of nitrogens with one attached hydrogen (secondary N) is 1. The molecule has 0 bridgehead atoms. The van der Waals surface area contributed by atoms with E-state index in [0.29, 0.717) is 32.6 Å². The molecule has 7 nitrogen and oxygen atoms in total. The first kappa shape index (κ1) is 14.3. The molecule has 21 heavy (non-hydrogen) atoms. The highest BCUT2D eigenvalue weighted by Crippen LogP contribution is 2.23. The summed E-state index contributed by atoms with van der Waals surface area (Å²) in [5.74, 6) is 1.09. The van der Waals surface area contributed by atoms with Gasteiger partial charge in [0.15, 0.2) is 0 Å². The summed E-state index contributed by atoms with van der Waals surface area (Å²) < 4.78 is 25.7.